The van der Waals surface area contributed by atoms with Gasteiger partial charge in [0, 0.05) is 30.5 Å². The van der Waals surface area contributed by atoms with Crippen molar-refractivity contribution in [2.45, 2.75) is 56.8 Å². The molecule has 1 spiro atoms. The molecule has 2 aliphatic carbocycles. The van der Waals surface area contributed by atoms with Gasteiger partial charge in [-0.1, -0.05) is 11.6 Å². The van der Waals surface area contributed by atoms with E-state index in [4.69, 9.17) is 36.5 Å². The fraction of sp³-hybridized carbons (Fsp3) is 0.552. The first-order valence-electron chi connectivity index (χ1n) is 14.3. The van der Waals surface area contributed by atoms with Gasteiger partial charge in [0.15, 0.2) is 11.6 Å². The van der Waals surface area contributed by atoms with Crippen LogP contribution >= 0.6 is 11.6 Å². The molecule has 230 valence electrons. The Labute approximate surface area is 250 Å². The van der Waals surface area contributed by atoms with Gasteiger partial charge in [-0.25, -0.2) is 9.37 Å². The first-order chi connectivity index (χ1) is 20.5. The Hall–Kier alpha value is -3.16. The lowest BCUT2D eigenvalue weighted by molar-refractivity contribution is -0.137. The summed E-state index contributed by atoms with van der Waals surface area (Å²) in [6, 6.07) is 1.01. The van der Waals surface area contributed by atoms with Crippen LogP contribution in [-0.4, -0.2) is 66.6 Å². The summed E-state index contributed by atoms with van der Waals surface area (Å²) >= 11 is 6.79. The molecular formula is C29H31ClF4N6O3. The molecule has 3 aliphatic heterocycles. The number of rotatable bonds is 7. The zero-order chi connectivity index (χ0) is 30.3. The molecule has 3 aromatic rings. The van der Waals surface area contributed by atoms with E-state index in [0.29, 0.717) is 31.9 Å². The average molecular weight is 623 g/mol. The Morgan fingerprint density at radius 1 is 1.21 bits per heavy atom. The lowest BCUT2D eigenvalue weighted by Crippen LogP contribution is -2.44. The van der Waals surface area contributed by atoms with Crippen LogP contribution in [0.15, 0.2) is 6.07 Å². The van der Waals surface area contributed by atoms with Crippen molar-refractivity contribution < 1.29 is 31.8 Å². The molecule has 3 N–H and O–H groups in total. The molecule has 1 aromatic carbocycles. The van der Waals surface area contributed by atoms with Crippen LogP contribution in [0.2, 0.25) is 5.02 Å². The summed E-state index contributed by atoms with van der Waals surface area (Å²) < 4.78 is 77.8. The molecule has 2 saturated heterocycles. The van der Waals surface area contributed by atoms with Crippen molar-refractivity contribution >= 4 is 34.1 Å². The number of hydrogen-bond donors (Lipinski definition) is 2. The Balaban J connectivity index is 1.48. The number of nitrogens with zero attached hydrogens (tertiary/aromatic N) is 4. The molecular weight excluding hydrogens is 592 g/mol. The van der Waals surface area contributed by atoms with E-state index in [1.54, 1.807) is 0 Å². The van der Waals surface area contributed by atoms with Gasteiger partial charge in [-0.05, 0) is 51.3 Å². The minimum Gasteiger partial charge on any atom is -0.491 e. The number of likely N-dealkylation sites (N-methyl/N-ethyl adjacent to an activating group) is 1. The molecule has 0 atom stereocenters. The molecule has 14 heteroatoms. The molecule has 8 rings (SSSR count). The van der Waals surface area contributed by atoms with Crippen LogP contribution in [0, 0.1) is 18.2 Å². The lowest BCUT2D eigenvalue weighted by atomic mass is 9.71. The highest BCUT2D eigenvalue weighted by Gasteiger charge is 2.53. The number of nitrogens with two attached hydrogens (primary N) is 1. The zero-order valence-corrected chi connectivity index (χ0v) is 24.5. The van der Waals surface area contributed by atoms with Gasteiger partial charge in [-0.15, -0.1) is 0 Å². The summed E-state index contributed by atoms with van der Waals surface area (Å²) in [4.78, 5) is 15.3. The van der Waals surface area contributed by atoms with Gasteiger partial charge in [-0.3, -0.25) is 0 Å². The molecule has 0 radical (unpaired) electrons. The minimum absolute atomic E-state index is 0.000743. The average Bonchev–Trinajstić information content (AvgIpc) is 3.41. The van der Waals surface area contributed by atoms with Crippen molar-refractivity contribution in [3.8, 4) is 23.0 Å². The van der Waals surface area contributed by atoms with Gasteiger partial charge in [0.05, 0.1) is 53.2 Å². The van der Waals surface area contributed by atoms with Crippen LogP contribution in [-0.2, 0) is 10.9 Å². The van der Waals surface area contributed by atoms with Crippen LogP contribution in [0.4, 0.5) is 29.2 Å². The van der Waals surface area contributed by atoms with Crippen LogP contribution in [0.5, 0.6) is 11.8 Å². The van der Waals surface area contributed by atoms with E-state index < -0.39 is 28.8 Å². The Kier molecular flexibility index (Phi) is 6.60. The molecule has 9 nitrogen and oxygen atoms in total. The smallest absolute Gasteiger partial charge is 0.418 e. The van der Waals surface area contributed by atoms with Gasteiger partial charge in [0.25, 0.3) is 0 Å². The predicted molar refractivity (Wildman–Crippen MR) is 152 cm³/mol. The number of pyridine rings is 1. The third-order valence-corrected chi connectivity index (χ3v) is 9.57. The third kappa shape index (κ3) is 4.62. The summed E-state index contributed by atoms with van der Waals surface area (Å²) in [6.45, 7) is 3.43. The summed E-state index contributed by atoms with van der Waals surface area (Å²) in [7, 11) is 1.83. The lowest BCUT2D eigenvalue weighted by Gasteiger charge is -2.37. The normalized spacial score (nSPS) is 23.6. The number of fused-ring (bicyclic) bond motifs is 1. The topological polar surface area (TPSA) is 108 Å². The summed E-state index contributed by atoms with van der Waals surface area (Å²) in [5.41, 5.74) is 2.52. The molecule has 5 aliphatic rings. The molecule has 43 heavy (non-hydrogen) atoms. The molecule has 4 fully saturated rings. The molecule has 2 bridgehead atoms. The monoisotopic (exact) mass is 622 g/mol. The SMILES string of the molecule is CNCCN1c2nc(OCC34COC(C3)C4)nc3c(F)c(-c4nc(N)cc(C)c4C(F)(F)F)c(Cl)c(c23)OCCC12CC2. The van der Waals surface area contributed by atoms with Gasteiger partial charge >= 0.3 is 12.2 Å². The predicted octanol–water partition coefficient (Wildman–Crippen LogP) is 5.29. The van der Waals surface area contributed by atoms with Crippen molar-refractivity contribution in [3.05, 3.63) is 28.0 Å². The first kappa shape index (κ1) is 28.6. The second-order valence-electron chi connectivity index (χ2n) is 12.2. The number of ether oxygens (including phenoxy) is 3. The van der Waals surface area contributed by atoms with E-state index in [1.807, 2.05) is 7.05 Å². The number of aromatic nitrogens is 3. The van der Waals surface area contributed by atoms with Crippen molar-refractivity contribution in [1.29, 1.82) is 0 Å². The number of alkyl halides is 3. The number of nitrogens with one attached hydrogen (secondary N) is 1. The van der Waals surface area contributed by atoms with Gasteiger partial charge in [0.1, 0.15) is 17.2 Å². The van der Waals surface area contributed by atoms with Crippen molar-refractivity contribution in [2.24, 2.45) is 5.41 Å². The third-order valence-electron chi connectivity index (χ3n) is 9.21. The van der Waals surface area contributed by atoms with Gasteiger partial charge < -0.3 is 30.2 Å². The van der Waals surface area contributed by atoms with Crippen LogP contribution in [0.1, 0.15) is 43.2 Å². The quantitative estimate of drug-likeness (QED) is 0.340. The number of nitrogen functional groups attached to an aromatic ring is 1. The second kappa shape index (κ2) is 9.93. The first-order valence-corrected chi connectivity index (χ1v) is 14.7. The standard InChI is InChI=1S/C29H31ClF4N6O3/c1-14-9-16(35)37-22(19(14)29(32,33)34)17-20(30)24-18-23(21(17)31)38-26(43-13-27-10-15(11-27)42-12-27)39-25(18)40(7-6-36-2)28(3-4-28)5-8-41-24/h9,15,36H,3-8,10-13H2,1-2H3,(H2,35,37). The maximum atomic E-state index is 16.8. The Morgan fingerprint density at radius 2 is 1.98 bits per heavy atom. The number of hydrogen-bond acceptors (Lipinski definition) is 9. The van der Waals surface area contributed by atoms with Crippen LogP contribution in [0.25, 0.3) is 22.2 Å². The highest BCUT2D eigenvalue weighted by Crippen LogP contribution is 2.55. The highest BCUT2D eigenvalue weighted by atomic mass is 35.5. The number of aryl methyl sites for hydroxylation is 1. The van der Waals surface area contributed by atoms with E-state index >= 15 is 4.39 Å². The number of benzene rings is 1. The zero-order valence-electron chi connectivity index (χ0n) is 23.7. The minimum atomic E-state index is -4.87. The van der Waals surface area contributed by atoms with Crippen LogP contribution < -0.4 is 25.4 Å². The van der Waals surface area contributed by atoms with E-state index in [-0.39, 0.29) is 69.3 Å². The molecule has 5 heterocycles. The van der Waals surface area contributed by atoms with E-state index in [9.17, 15) is 13.2 Å². The van der Waals surface area contributed by atoms with Crippen molar-refractivity contribution in [3.63, 3.8) is 0 Å². The van der Waals surface area contributed by atoms with E-state index in [2.05, 4.69) is 20.2 Å². The maximum absolute atomic E-state index is 16.8. The van der Waals surface area contributed by atoms with Gasteiger partial charge in [0.2, 0.25) is 0 Å². The largest absolute Gasteiger partial charge is 0.491 e. The molecule has 0 unspecified atom stereocenters. The van der Waals surface area contributed by atoms with Crippen molar-refractivity contribution in [1.82, 2.24) is 20.3 Å². The fourth-order valence-electron chi connectivity index (χ4n) is 6.82. The van der Waals surface area contributed by atoms with Crippen molar-refractivity contribution in [2.75, 3.05) is 50.6 Å². The summed E-state index contributed by atoms with van der Waals surface area (Å²) in [5, 5.41) is 2.98. The summed E-state index contributed by atoms with van der Waals surface area (Å²) in [5.74, 6) is -0.930. The van der Waals surface area contributed by atoms with E-state index in [0.717, 1.165) is 31.7 Å². The molecule has 2 saturated carbocycles. The Bertz CT molecular complexity index is 1620. The second-order valence-corrected chi connectivity index (χ2v) is 12.6. The number of anilines is 2. The molecule has 0 amide bonds. The Morgan fingerprint density at radius 3 is 2.63 bits per heavy atom. The highest BCUT2D eigenvalue weighted by molar-refractivity contribution is 6.36. The van der Waals surface area contributed by atoms with Gasteiger partial charge in [-0.2, -0.15) is 23.1 Å². The molecule has 2 aromatic heterocycles. The fourth-order valence-corrected chi connectivity index (χ4v) is 7.14. The number of halogens is 5. The van der Waals surface area contributed by atoms with Crippen LogP contribution in [0.3, 0.4) is 0 Å². The summed E-state index contributed by atoms with van der Waals surface area (Å²) in [6.07, 6.45) is -0.543. The maximum Gasteiger partial charge on any atom is 0.418 e. The van der Waals surface area contributed by atoms with E-state index in [1.165, 1.54) is 6.92 Å².